The lowest BCUT2D eigenvalue weighted by molar-refractivity contribution is 0.308. The maximum Gasteiger partial charge on any atom is 0.191 e. The van der Waals surface area contributed by atoms with E-state index in [0.29, 0.717) is 11.1 Å². The van der Waals surface area contributed by atoms with Crippen molar-refractivity contribution in [1.82, 2.24) is 10.3 Å². The molecule has 1 atom stereocenters. The summed E-state index contributed by atoms with van der Waals surface area (Å²) < 4.78 is 14.5. The average molecular weight is 364 g/mol. The number of aliphatic imine (C=N–C) groups is 1. The Morgan fingerprint density at radius 3 is 2.56 bits per heavy atom. The Hall–Kier alpha value is -3.25. The fourth-order valence-electron chi connectivity index (χ4n) is 3.03. The summed E-state index contributed by atoms with van der Waals surface area (Å²) in [6.45, 7) is 1.46. The number of halogens is 1. The van der Waals surface area contributed by atoms with Crippen LogP contribution in [0, 0.1) is 5.82 Å². The molecule has 0 bridgehead atoms. The topological polar surface area (TPSA) is 83.5 Å². The lowest BCUT2D eigenvalue weighted by atomic mass is 9.83. The molecule has 0 aliphatic rings. The number of guanidine groups is 1. The normalized spacial score (nSPS) is 13.8. The minimum Gasteiger partial charge on any atom is -0.374 e. The second kappa shape index (κ2) is 7.97. The molecule has 0 fully saturated rings. The molecule has 5 nitrogen and oxygen atoms in total. The number of aliphatic hydroxyl groups excluding tert-OH is 1. The summed E-state index contributed by atoms with van der Waals surface area (Å²) in [5, 5.41) is 12.2. The second-order valence-electron chi connectivity index (χ2n) is 6.27. The van der Waals surface area contributed by atoms with E-state index < -0.39 is 12.3 Å². The fraction of sp³-hybridized carbons (Fsp3) is 0.143. The van der Waals surface area contributed by atoms with Crippen LogP contribution in [0.3, 0.4) is 0 Å². The first-order chi connectivity index (χ1) is 13.0. The molecular formula is C21H21FN4O. The highest BCUT2D eigenvalue weighted by Crippen LogP contribution is 2.32. The van der Waals surface area contributed by atoms with E-state index in [1.165, 1.54) is 12.1 Å². The predicted molar refractivity (Wildman–Crippen MR) is 104 cm³/mol. The lowest BCUT2D eigenvalue weighted by Crippen LogP contribution is -2.48. The van der Waals surface area contributed by atoms with Gasteiger partial charge in [-0.25, -0.2) is 9.38 Å². The molecule has 0 aliphatic heterocycles. The quantitative estimate of drug-likeness (QED) is 0.480. The van der Waals surface area contributed by atoms with Crippen molar-refractivity contribution in [2.24, 2.45) is 10.7 Å². The van der Waals surface area contributed by atoms with Gasteiger partial charge < -0.3 is 16.2 Å². The third-order valence-electron chi connectivity index (χ3n) is 4.44. The smallest absolute Gasteiger partial charge is 0.191 e. The van der Waals surface area contributed by atoms with E-state index in [9.17, 15) is 4.39 Å². The third kappa shape index (κ3) is 4.12. The largest absolute Gasteiger partial charge is 0.374 e. The molecule has 0 radical (unpaired) electrons. The summed E-state index contributed by atoms with van der Waals surface area (Å²) >= 11 is 0. The standard InChI is InChI=1S/C21H21FN4O/c1-21(26-20(23)25-14-27,17-7-3-2-4-8-17)18-10-16(11-19(22)12-18)15-6-5-9-24-13-15/h2-13,27H,14H2,1H3,(H3,23,25,26). The van der Waals surface area contributed by atoms with Crippen molar-refractivity contribution in [2.45, 2.75) is 12.5 Å². The average Bonchev–Trinajstić information content (AvgIpc) is 2.69. The van der Waals surface area contributed by atoms with Crippen molar-refractivity contribution in [3.05, 3.63) is 90.0 Å². The zero-order chi connectivity index (χ0) is 19.3. The molecule has 6 heteroatoms. The summed E-state index contributed by atoms with van der Waals surface area (Å²) in [6, 6.07) is 18.1. The Morgan fingerprint density at radius 1 is 1.11 bits per heavy atom. The van der Waals surface area contributed by atoms with Crippen LogP contribution in [-0.4, -0.2) is 22.8 Å². The molecule has 3 aromatic rings. The van der Waals surface area contributed by atoms with Crippen molar-refractivity contribution in [3.63, 3.8) is 0 Å². The minimum atomic E-state index is -0.858. The van der Waals surface area contributed by atoms with E-state index in [-0.39, 0.29) is 11.8 Å². The molecule has 2 aromatic carbocycles. The predicted octanol–water partition coefficient (Wildman–Crippen LogP) is 3.01. The SMILES string of the molecule is CC(NC(N)=NCO)(c1ccccc1)c1cc(F)cc(-c2cccnc2)c1. The van der Waals surface area contributed by atoms with Gasteiger partial charge in [0.05, 0.1) is 5.54 Å². The summed E-state index contributed by atoms with van der Waals surface area (Å²) in [7, 11) is 0. The van der Waals surface area contributed by atoms with E-state index in [1.54, 1.807) is 18.5 Å². The van der Waals surface area contributed by atoms with E-state index in [0.717, 1.165) is 11.1 Å². The minimum absolute atomic E-state index is 0.0658. The van der Waals surface area contributed by atoms with Crippen molar-refractivity contribution in [1.29, 1.82) is 0 Å². The second-order valence-corrected chi connectivity index (χ2v) is 6.27. The fourth-order valence-corrected chi connectivity index (χ4v) is 3.03. The number of aromatic nitrogens is 1. The highest BCUT2D eigenvalue weighted by molar-refractivity contribution is 5.79. The molecule has 0 aliphatic carbocycles. The zero-order valence-electron chi connectivity index (χ0n) is 14.9. The molecule has 0 amide bonds. The highest BCUT2D eigenvalue weighted by atomic mass is 19.1. The first-order valence-electron chi connectivity index (χ1n) is 8.49. The zero-order valence-corrected chi connectivity index (χ0v) is 14.9. The monoisotopic (exact) mass is 364 g/mol. The van der Waals surface area contributed by atoms with Crippen LogP contribution in [0.5, 0.6) is 0 Å². The van der Waals surface area contributed by atoms with Gasteiger partial charge in [0.15, 0.2) is 5.96 Å². The van der Waals surface area contributed by atoms with Crippen LogP contribution in [0.1, 0.15) is 18.1 Å². The lowest BCUT2D eigenvalue weighted by Gasteiger charge is -2.33. The third-order valence-corrected chi connectivity index (χ3v) is 4.44. The maximum absolute atomic E-state index is 14.5. The van der Waals surface area contributed by atoms with Crippen molar-refractivity contribution < 1.29 is 9.50 Å². The highest BCUT2D eigenvalue weighted by Gasteiger charge is 2.30. The van der Waals surface area contributed by atoms with Crippen LogP contribution in [0.4, 0.5) is 4.39 Å². The molecule has 1 unspecified atom stereocenters. The Morgan fingerprint density at radius 2 is 1.89 bits per heavy atom. The van der Waals surface area contributed by atoms with E-state index in [1.807, 2.05) is 49.4 Å². The summed E-state index contributed by atoms with van der Waals surface area (Å²) in [6.07, 6.45) is 3.36. The van der Waals surface area contributed by atoms with Crippen LogP contribution < -0.4 is 11.1 Å². The van der Waals surface area contributed by atoms with Crippen LogP contribution in [0.2, 0.25) is 0 Å². The van der Waals surface area contributed by atoms with Gasteiger partial charge in [-0.05, 0) is 47.9 Å². The Labute approximate surface area is 157 Å². The van der Waals surface area contributed by atoms with Gasteiger partial charge in [-0.2, -0.15) is 0 Å². The van der Waals surface area contributed by atoms with Gasteiger partial charge in [0.2, 0.25) is 0 Å². The number of hydrogen-bond acceptors (Lipinski definition) is 3. The van der Waals surface area contributed by atoms with E-state index in [2.05, 4.69) is 15.3 Å². The molecule has 3 rings (SSSR count). The van der Waals surface area contributed by atoms with Gasteiger partial charge in [0.1, 0.15) is 12.5 Å². The number of nitrogens with two attached hydrogens (primary N) is 1. The van der Waals surface area contributed by atoms with Crippen molar-refractivity contribution in [3.8, 4) is 11.1 Å². The number of rotatable bonds is 5. The Balaban J connectivity index is 2.15. The molecule has 1 heterocycles. The van der Waals surface area contributed by atoms with Gasteiger partial charge in [0.25, 0.3) is 0 Å². The maximum atomic E-state index is 14.5. The summed E-state index contributed by atoms with van der Waals surface area (Å²) in [5.74, 6) is -0.302. The molecule has 0 saturated heterocycles. The van der Waals surface area contributed by atoms with Gasteiger partial charge in [0, 0.05) is 18.0 Å². The first kappa shape index (κ1) is 18.5. The van der Waals surface area contributed by atoms with Gasteiger partial charge in [-0.1, -0.05) is 36.4 Å². The molecule has 1 aromatic heterocycles. The number of hydrogen-bond donors (Lipinski definition) is 3. The molecular weight excluding hydrogens is 343 g/mol. The number of benzene rings is 2. The summed E-state index contributed by atoms with van der Waals surface area (Å²) in [5.41, 5.74) is 8.12. The molecule has 138 valence electrons. The molecule has 0 spiro atoms. The number of nitrogens with one attached hydrogen (secondary N) is 1. The first-order valence-corrected chi connectivity index (χ1v) is 8.49. The van der Waals surface area contributed by atoms with E-state index in [4.69, 9.17) is 10.8 Å². The van der Waals surface area contributed by atoms with Crippen LogP contribution in [0.25, 0.3) is 11.1 Å². The number of nitrogens with zero attached hydrogens (tertiary/aromatic N) is 2. The van der Waals surface area contributed by atoms with Crippen LogP contribution in [0.15, 0.2) is 78.0 Å². The van der Waals surface area contributed by atoms with Gasteiger partial charge in [-0.3, -0.25) is 4.98 Å². The van der Waals surface area contributed by atoms with Crippen molar-refractivity contribution >= 4 is 5.96 Å². The number of aliphatic hydroxyl groups is 1. The van der Waals surface area contributed by atoms with Crippen LogP contribution in [-0.2, 0) is 5.54 Å². The van der Waals surface area contributed by atoms with Gasteiger partial charge in [-0.15, -0.1) is 0 Å². The molecule has 0 saturated carbocycles. The molecule has 27 heavy (non-hydrogen) atoms. The summed E-state index contributed by atoms with van der Waals surface area (Å²) in [4.78, 5) is 7.91. The van der Waals surface area contributed by atoms with Crippen LogP contribution >= 0.6 is 0 Å². The van der Waals surface area contributed by atoms with Gasteiger partial charge >= 0.3 is 0 Å². The number of pyridine rings is 1. The molecule has 4 N–H and O–H groups in total. The van der Waals surface area contributed by atoms with E-state index >= 15 is 0 Å². The Bertz CT molecular complexity index is 931. The van der Waals surface area contributed by atoms with Crippen molar-refractivity contribution in [2.75, 3.05) is 6.73 Å². The Kier molecular flexibility index (Phi) is 5.47.